The zero-order valence-corrected chi connectivity index (χ0v) is 17.7. The van der Waals surface area contributed by atoms with Crippen LogP contribution in [0.2, 0.25) is 0 Å². The molecule has 0 atom stereocenters. The molecule has 0 radical (unpaired) electrons. The van der Waals surface area contributed by atoms with Gasteiger partial charge in [-0.2, -0.15) is 0 Å². The van der Waals surface area contributed by atoms with Gasteiger partial charge in [-0.15, -0.1) is 10.2 Å². The predicted molar refractivity (Wildman–Crippen MR) is 115 cm³/mol. The number of nitrogens with one attached hydrogen (secondary N) is 1. The maximum absolute atomic E-state index is 12.8. The predicted octanol–water partition coefficient (Wildman–Crippen LogP) is 4.16. The molecular weight excluding hydrogens is 426 g/mol. The third kappa shape index (κ3) is 4.12. The molecule has 1 aromatic heterocycles. The quantitative estimate of drug-likeness (QED) is 0.450. The molecule has 29 heavy (non-hydrogen) atoms. The minimum atomic E-state index is -0.218. The molecule has 1 aliphatic carbocycles. The van der Waals surface area contributed by atoms with Crippen molar-refractivity contribution in [3.05, 3.63) is 64.7 Å². The normalized spacial score (nSPS) is 12.4. The highest BCUT2D eigenvalue weighted by Gasteiger charge is 2.29. The van der Waals surface area contributed by atoms with Crippen LogP contribution in [0.1, 0.15) is 38.8 Å². The molecule has 0 saturated carbocycles. The smallest absolute Gasteiger partial charge is 0.234 e. The zero-order valence-electron chi connectivity index (χ0n) is 15.3. The summed E-state index contributed by atoms with van der Waals surface area (Å²) in [6.07, 6.45) is 0. The van der Waals surface area contributed by atoms with E-state index in [0.29, 0.717) is 27.9 Å². The van der Waals surface area contributed by atoms with Gasteiger partial charge in [-0.3, -0.25) is 14.4 Å². The highest BCUT2D eigenvalue weighted by Crippen LogP contribution is 2.30. The van der Waals surface area contributed by atoms with Gasteiger partial charge in [-0.1, -0.05) is 66.0 Å². The van der Waals surface area contributed by atoms with Crippen LogP contribution >= 0.6 is 34.9 Å². The van der Waals surface area contributed by atoms with Gasteiger partial charge in [0, 0.05) is 27.9 Å². The summed E-state index contributed by atoms with van der Waals surface area (Å²) < 4.78 is 1.62. The van der Waals surface area contributed by atoms with E-state index in [9.17, 15) is 14.4 Å². The maximum atomic E-state index is 12.8. The lowest BCUT2D eigenvalue weighted by Crippen LogP contribution is -2.21. The van der Waals surface area contributed by atoms with Crippen LogP contribution in [0.15, 0.2) is 51.1 Å². The van der Waals surface area contributed by atoms with Crippen molar-refractivity contribution in [1.29, 1.82) is 0 Å². The van der Waals surface area contributed by atoms with E-state index in [-0.39, 0.29) is 23.2 Å². The summed E-state index contributed by atoms with van der Waals surface area (Å²) in [5.41, 5.74) is 1.95. The molecule has 0 bridgehead atoms. The molecular formula is C20H15N3O3S3. The molecule has 0 fully saturated rings. The Balaban J connectivity index is 1.45. The minimum Gasteiger partial charge on any atom is -0.325 e. The average molecular weight is 442 g/mol. The number of carbonyl (C=O) groups excluding carboxylic acids is 3. The summed E-state index contributed by atoms with van der Waals surface area (Å²) in [4.78, 5) is 37.7. The first-order valence-corrected chi connectivity index (χ1v) is 11.6. The Morgan fingerprint density at radius 3 is 2.24 bits per heavy atom. The number of fused-ring (bicyclic) bond motifs is 2. The van der Waals surface area contributed by atoms with Crippen LogP contribution in [0.25, 0.3) is 0 Å². The lowest BCUT2D eigenvalue weighted by molar-refractivity contribution is -0.113. The highest BCUT2D eigenvalue weighted by molar-refractivity contribution is 8.03. The highest BCUT2D eigenvalue weighted by atomic mass is 32.2. The molecule has 0 unspecified atom stereocenters. The van der Waals surface area contributed by atoms with Crippen LogP contribution in [-0.4, -0.2) is 39.2 Å². The van der Waals surface area contributed by atoms with Gasteiger partial charge in [0.1, 0.15) is 0 Å². The molecule has 0 aliphatic heterocycles. The van der Waals surface area contributed by atoms with E-state index in [1.54, 1.807) is 54.2 Å². The van der Waals surface area contributed by atoms with E-state index < -0.39 is 0 Å². The number of aromatic nitrogens is 2. The minimum absolute atomic E-state index is 0.179. The number of rotatable bonds is 6. The van der Waals surface area contributed by atoms with Crippen molar-refractivity contribution in [3.63, 3.8) is 0 Å². The van der Waals surface area contributed by atoms with Gasteiger partial charge < -0.3 is 5.32 Å². The number of nitrogens with zero attached hydrogens (tertiary/aromatic N) is 2. The SMILES string of the molecule is CCSc1nnc(SCC(=O)Nc2ccc3c(c2)C(=O)c2ccccc2C3=O)s1. The third-order valence-electron chi connectivity index (χ3n) is 4.19. The van der Waals surface area contributed by atoms with Gasteiger partial charge in [-0.05, 0) is 24.0 Å². The molecule has 4 rings (SSSR count). The average Bonchev–Trinajstić information content (AvgIpc) is 3.18. The molecule has 1 aliphatic rings. The maximum Gasteiger partial charge on any atom is 0.234 e. The largest absolute Gasteiger partial charge is 0.325 e. The Morgan fingerprint density at radius 2 is 1.55 bits per heavy atom. The number of thioether (sulfide) groups is 2. The number of anilines is 1. The molecule has 1 amide bonds. The number of carbonyl (C=O) groups is 3. The number of hydrogen-bond donors (Lipinski definition) is 1. The van der Waals surface area contributed by atoms with Crippen LogP contribution in [0.4, 0.5) is 5.69 Å². The van der Waals surface area contributed by atoms with Crippen LogP contribution in [0, 0.1) is 0 Å². The summed E-state index contributed by atoms with van der Waals surface area (Å²) in [7, 11) is 0. The van der Waals surface area contributed by atoms with Crippen LogP contribution < -0.4 is 5.32 Å². The number of hydrogen-bond acceptors (Lipinski definition) is 8. The van der Waals surface area contributed by atoms with E-state index in [2.05, 4.69) is 15.5 Å². The van der Waals surface area contributed by atoms with Gasteiger partial charge in [0.2, 0.25) is 5.91 Å². The lowest BCUT2D eigenvalue weighted by atomic mass is 9.84. The Morgan fingerprint density at radius 1 is 0.931 bits per heavy atom. The van der Waals surface area contributed by atoms with Crippen molar-refractivity contribution in [2.24, 2.45) is 0 Å². The van der Waals surface area contributed by atoms with Gasteiger partial charge in [-0.25, -0.2) is 0 Å². The number of amides is 1. The first-order chi connectivity index (χ1) is 14.1. The summed E-state index contributed by atoms with van der Waals surface area (Å²) in [5.74, 6) is 0.489. The second-order valence-corrected chi connectivity index (χ2v) is 9.78. The second-order valence-electron chi connectivity index (χ2n) is 6.07. The summed E-state index contributed by atoms with van der Waals surface area (Å²) in [6, 6.07) is 11.6. The molecule has 0 spiro atoms. The summed E-state index contributed by atoms with van der Waals surface area (Å²) in [5, 5.41) is 10.9. The Kier molecular flexibility index (Phi) is 5.79. The summed E-state index contributed by atoms with van der Waals surface area (Å²) in [6.45, 7) is 2.04. The fourth-order valence-corrected chi connectivity index (χ4v) is 5.66. The fraction of sp³-hybridized carbons (Fsp3) is 0.150. The first-order valence-electron chi connectivity index (χ1n) is 8.78. The molecule has 9 heteroatoms. The monoisotopic (exact) mass is 441 g/mol. The topological polar surface area (TPSA) is 89.0 Å². The van der Waals surface area contributed by atoms with Crippen LogP contribution in [0.5, 0.6) is 0 Å². The molecule has 2 aromatic carbocycles. The summed E-state index contributed by atoms with van der Waals surface area (Å²) >= 11 is 4.39. The molecule has 3 aromatic rings. The van der Waals surface area contributed by atoms with Gasteiger partial charge in [0.05, 0.1) is 5.75 Å². The second kappa shape index (κ2) is 8.48. The van der Waals surface area contributed by atoms with Crippen molar-refractivity contribution >= 4 is 58.0 Å². The van der Waals surface area contributed by atoms with Crippen LogP contribution in [0.3, 0.4) is 0 Å². The third-order valence-corrected chi connectivity index (χ3v) is 7.26. The van der Waals surface area contributed by atoms with Gasteiger partial charge in [0.15, 0.2) is 20.2 Å². The van der Waals surface area contributed by atoms with Gasteiger partial charge in [0.25, 0.3) is 0 Å². The van der Waals surface area contributed by atoms with Crippen molar-refractivity contribution in [2.75, 3.05) is 16.8 Å². The number of benzene rings is 2. The Labute approximate surface area is 179 Å². The zero-order chi connectivity index (χ0) is 20.4. The number of ketones is 2. The van der Waals surface area contributed by atoms with E-state index in [1.807, 2.05) is 6.92 Å². The fourth-order valence-electron chi connectivity index (χ4n) is 2.94. The van der Waals surface area contributed by atoms with Gasteiger partial charge >= 0.3 is 0 Å². The van der Waals surface area contributed by atoms with E-state index in [4.69, 9.17) is 0 Å². The molecule has 1 heterocycles. The van der Waals surface area contributed by atoms with Crippen molar-refractivity contribution in [2.45, 2.75) is 15.6 Å². The van der Waals surface area contributed by atoms with E-state index in [1.165, 1.54) is 23.1 Å². The molecule has 146 valence electrons. The first kappa shape index (κ1) is 19.8. The van der Waals surface area contributed by atoms with Crippen molar-refractivity contribution in [1.82, 2.24) is 10.2 Å². The van der Waals surface area contributed by atoms with E-state index >= 15 is 0 Å². The molecule has 6 nitrogen and oxygen atoms in total. The van der Waals surface area contributed by atoms with Crippen molar-refractivity contribution in [3.8, 4) is 0 Å². The molecule has 0 saturated heterocycles. The van der Waals surface area contributed by atoms with Crippen molar-refractivity contribution < 1.29 is 14.4 Å². The Bertz CT molecular complexity index is 1130. The van der Waals surface area contributed by atoms with E-state index in [0.717, 1.165) is 14.4 Å². The standard InChI is InChI=1S/C20H15N3O3S3/c1-2-27-19-22-23-20(29-19)28-10-16(24)21-11-7-8-14-15(9-11)18(26)13-6-4-3-5-12(13)17(14)25/h3-9H,2,10H2,1H3,(H,21,24). The lowest BCUT2D eigenvalue weighted by Gasteiger charge is -2.18. The molecule has 1 N–H and O–H groups in total. The Hall–Kier alpha value is -2.49. The van der Waals surface area contributed by atoms with Crippen LogP contribution in [-0.2, 0) is 4.79 Å².